The van der Waals surface area contributed by atoms with E-state index in [1.807, 2.05) is 54.1 Å². The van der Waals surface area contributed by atoms with Crippen molar-refractivity contribution in [3.8, 4) is 17.2 Å². The molecule has 2 aliphatic heterocycles. The van der Waals surface area contributed by atoms with Crippen molar-refractivity contribution in [1.29, 1.82) is 0 Å². The molecule has 2 aromatic rings. The van der Waals surface area contributed by atoms with Crippen molar-refractivity contribution >= 4 is 11.9 Å². The van der Waals surface area contributed by atoms with E-state index in [4.69, 9.17) is 14.2 Å². The minimum atomic E-state index is -0.424. The summed E-state index contributed by atoms with van der Waals surface area (Å²) in [5.41, 5.74) is 3.05. The number of nitrogens with zero attached hydrogens (tertiary/aromatic N) is 1. The first-order chi connectivity index (χ1) is 9.76. The molecule has 0 fully saturated rings. The first-order valence-electron chi connectivity index (χ1n) is 6.50. The Kier molecular flexibility index (Phi) is 2.27. The number of benzene rings is 2. The Morgan fingerprint density at radius 3 is 2.85 bits per heavy atom. The minimum Gasteiger partial charge on any atom is -0.497 e. The summed E-state index contributed by atoms with van der Waals surface area (Å²) in [4.78, 5) is 0. The van der Waals surface area contributed by atoms with Crippen molar-refractivity contribution in [3.05, 3.63) is 47.5 Å². The van der Waals surface area contributed by atoms with Gasteiger partial charge in [-0.25, -0.2) is 0 Å². The fraction of sp³-hybridized carbons (Fsp3) is 0.188. The number of aryl methyl sites for hydroxylation is 1. The molecule has 0 saturated carbocycles. The summed E-state index contributed by atoms with van der Waals surface area (Å²) in [6.07, 6.45) is 1.62. The van der Waals surface area contributed by atoms with Crippen LogP contribution in [0.25, 0.3) is 0 Å². The van der Waals surface area contributed by atoms with Gasteiger partial charge in [0.05, 0.1) is 12.7 Å². The molecular formula is C16H14NO3+. The molecule has 4 nitrogen and oxygen atoms in total. The monoisotopic (exact) mass is 268 g/mol. The van der Waals surface area contributed by atoms with Gasteiger partial charge in [-0.3, -0.25) is 0 Å². The highest BCUT2D eigenvalue weighted by molar-refractivity contribution is 5.84. The van der Waals surface area contributed by atoms with Gasteiger partial charge in [-0.05, 0) is 30.7 Å². The zero-order valence-corrected chi connectivity index (χ0v) is 11.3. The van der Waals surface area contributed by atoms with E-state index in [2.05, 4.69) is 0 Å². The third-order valence-corrected chi connectivity index (χ3v) is 3.61. The summed E-state index contributed by atoms with van der Waals surface area (Å²) in [6, 6.07) is 11.9. The van der Waals surface area contributed by atoms with Gasteiger partial charge in [0, 0.05) is 6.07 Å². The summed E-state index contributed by atoms with van der Waals surface area (Å²) in [5, 5.41) is 0. The molecule has 1 atom stereocenters. The largest absolute Gasteiger partial charge is 0.497 e. The SMILES string of the molecule is COc1cc(C)c2c(c1)C=[N+]1c3ccccc3OC1O2. The predicted molar refractivity (Wildman–Crippen MR) is 74.3 cm³/mol. The van der Waals surface area contributed by atoms with Gasteiger partial charge >= 0.3 is 6.41 Å². The maximum atomic E-state index is 5.99. The lowest BCUT2D eigenvalue weighted by Gasteiger charge is -2.18. The number of methoxy groups -OCH3 is 1. The van der Waals surface area contributed by atoms with Crippen LogP contribution in [0.5, 0.6) is 17.2 Å². The molecule has 0 aromatic heterocycles. The molecule has 0 radical (unpaired) electrons. The molecule has 100 valence electrons. The Morgan fingerprint density at radius 2 is 2.00 bits per heavy atom. The second kappa shape index (κ2) is 4.00. The van der Waals surface area contributed by atoms with Gasteiger partial charge in [-0.15, -0.1) is 4.58 Å². The van der Waals surface area contributed by atoms with Crippen molar-refractivity contribution < 1.29 is 18.8 Å². The highest BCUT2D eigenvalue weighted by Crippen LogP contribution is 2.40. The molecule has 0 amide bonds. The third-order valence-electron chi connectivity index (χ3n) is 3.61. The van der Waals surface area contributed by atoms with Crippen LogP contribution in [0, 0.1) is 6.92 Å². The van der Waals surface area contributed by atoms with Crippen LogP contribution in [0.3, 0.4) is 0 Å². The summed E-state index contributed by atoms with van der Waals surface area (Å²) in [7, 11) is 1.67. The first kappa shape index (κ1) is 11.3. The lowest BCUT2D eigenvalue weighted by molar-refractivity contribution is -0.555. The molecule has 0 spiro atoms. The van der Waals surface area contributed by atoms with Crippen LogP contribution in [-0.2, 0) is 0 Å². The van der Waals surface area contributed by atoms with Crippen molar-refractivity contribution in [2.75, 3.05) is 7.11 Å². The van der Waals surface area contributed by atoms with E-state index < -0.39 is 6.41 Å². The number of fused-ring (bicyclic) bond motifs is 4. The molecule has 0 aliphatic carbocycles. The molecule has 4 rings (SSSR count). The van der Waals surface area contributed by atoms with Crippen LogP contribution in [0.2, 0.25) is 0 Å². The summed E-state index contributed by atoms with van der Waals surface area (Å²) >= 11 is 0. The number of ether oxygens (including phenoxy) is 3. The summed E-state index contributed by atoms with van der Waals surface area (Å²) < 4.78 is 19.1. The number of hydrogen-bond donors (Lipinski definition) is 0. The lowest BCUT2D eigenvalue weighted by atomic mass is 10.1. The van der Waals surface area contributed by atoms with Gasteiger partial charge in [-0.2, -0.15) is 0 Å². The van der Waals surface area contributed by atoms with Gasteiger partial charge in [0.15, 0.2) is 6.21 Å². The fourth-order valence-corrected chi connectivity index (χ4v) is 2.65. The number of para-hydroxylation sites is 2. The molecule has 2 aromatic carbocycles. The maximum Gasteiger partial charge on any atom is 0.468 e. The van der Waals surface area contributed by atoms with Crippen molar-refractivity contribution in [1.82, 2.24) is 0 Å². The molecule has 20 heavy (non-hydrogen) atoms. The van der Waals surface area contributed by atoms with Gasteiger partial charge in [0.2, 0.25) is 5.75 Å². The summed E-state index contributed by atoms with van der Waals surface area (Å²) in [5.74, 6) is 2.51. The molecule has 4 heteroatoms. The van der Waals surface area contributed by atoms with E-state index in [1.165, 1.54) is 0 Å². The van der Waals surface area contributed by atoms with Crippen LogP contribution in [-0.4, -0.2) is 24.3 Å². The molecule has 2 heterocycles. The maximum absolute atomic E-state index is 5.99. The highest BCUT2D eigenvalue weighted by atomic mass is 16.7. The predicted octanol–water partition coefficient (Wildman–Crippen LogP) is 2.84. The molecule has 0 N–H and O–H groups in total. The van der Waals surface area contributed by atoms with Crippen LogP contribution < -0.4 is 14.2 Å². The lowest BCUT2D eigenvalue weighted by Crippen LogP contribution is -2.34. The van der Waals surface area contributed by atoms with Crippen LogP contribution in [0.1, 0.15) is 11.1 Å². The second-order valence-electron chi connectivity index (χ2n) is 4.91. The molecule has 1 unspecified atom stereocenters. The van der Waals surface area contributed by atoms with Crippen LogP contribution in [0.15, 0.2) is 36.4 Å². The van der Waals surface area contributed by atoms with Gasteiger partial charge in [0.1, 0.15) is 11.5 Å². The minimum absolute atomic E-state index is 0.424. The Hall–Kier alpha value is -2.49. The van der Waals surface area contributed by atoms with Gasteiger partial charge in [0.25, 0.3) is 5.69 Å². The van der Waals surface area contributed by atoms with Crippen LogP contribution >= 0.6 is 0 Å². The van der Waals surface area contributed by atoms with E-state index in [0.717, 1.165) is 34.1 Å². The van der Waals surface area contributed by atoms with Crippen LogP contribution in [0.4, 0.5) is 5.69 Å². The summed E-state index contributed by atoms with van der Waals surface area (Å²) in [6.45, 7) is 2.01. The van der Waals surface area contributed by atoms with E-state index in [-0.39, 0.29) is 0 Å². The topological polar surface area (TPSA) is 30.7 Å². The standard InChI is InChI=1S/C16H14NO3/c1-10-7-12(18-2)8-11-9-17-13-5-3-4-6-14(13)19-16(17)20-15(10)11/h3-9,16H,1-2H3/q+1. The average Bonchev–Trinajstić information content (AvgIpc) is 2.83. The highest BCUT2D eigenvalue weighted by Gasteiger charge is 2.41. The van der Waals surface area contributed by atoms with Gasteiger partial charge in [-0.1, -0.05) is 12.1 Å². The van der Waals surface area contributed by atoms with Crippen molar-refractivity contribution in [2.45, 2.75) is 13.3 Å². The Labute approximate surface area is 116 Å². The quantitative estimate of drug-likeness (QED) is 0.745. The van der Waals surface area contributed by atoms with E-state index in [0.29, 0.717) is 0 Å². The number of hydrogen-bond acceptors (Lipinski definition) is 3. The second-order valence-corrected chi connectivity index (χ2v) is 4.91. The fourth-order valence-electron chi connectivity index (χ4n) is 2.65. The van der Waals surface area contributed by atoms with Crippen molar-refractivity contribution in [2.24, 2.45) is 0 Å². The molecular weight excluding hydrogens is 254 g/mol. The Bertz CT molecular complexity index is 736. The first-order valence-corrected chi connectivity index (χ1v) is 6.50. The van der Waals surface area contributed by atoms with E-state index >= 15 is 0 Å². The zero-order valence-electron chi connectivity index (χ0n) is 11.3. The molecule has 2 aliphatic rings. The average molecular weight is 268 g/mol. The molecule has 0 bridgehead atoms. The van der Waals surface area contributed by atoms with Crippen molar-refractivity contribution in [3.63, 3.8) is 0 Å². The third kappa shape index (κ3) is 1.51. The normalized spacial score (nSPS) is 18.1. The zero-order chi connectivity index (χ0) is 13.7. The Balaban J connectivity index is 1.89. The van der Waals surface area contributed by atoms with E-state index in [9.17, 15) is 0 Å². The van der Waals surface area contributed by atoms with E-state index in [1.54, 1.807) is 7.11 Å². The number of rotatable bonds is 1. The van der Waals surface area contributed by atoms with Gasteiger partial charge < -0.3 is 14.2 Å². The molecule has 0 saturated heterocycles. The smallest absolute Gasteiger partial charge is 0.468 e. The Morgan fingerprint density at radius 1 is 1.15 bits per heavy atom.